The van der Waals surface area contributed by atoms with Gasteiger partial charge in [-0.05, 0) is 93.0 Å². The third-order valence-corrected chi connectivity index (χ3v) is 9.50. The third-order valence-electron chi connectivity index (χ3n) is 9.50. The molecule has 0 amide bonds. The number of anilines is 3. The summed E-state index contributed by atoms with van der Waals surface area (Å²) in [7, 11) is 0. The minimum atomic E-state index is 0.827. The highest BCUT2D eigenvalue weighted by Gasteiger charge is 2.27. The zero-order chi connectivity index (χ0) is 33.3. The number of rotatable bonds is 6. The van der Waals surface area contributed by atoms with Crippen LogP contribution in [0.25, 0.3) is 55.6 Å². The zero-order valence-corrected chi connectivity index (χ0v) is 27.4. The molecule has 2 nitrogen and oxygen atoms in total. The van der Waals surface area contributed by atoms with Gasteiger partial charge in [0.15, 0.2) is 0 Å². The Morgan fingerprint density at radius 1 is 0.300 bits per heavy atom. The minimum absolute atomic E-state index is 0.827. The van der Waals surface area contributed by atoms with Gasteiger partial charge in [-0.2, -0.15) is 0 Å². The van der Waals surface area contributed by atoms with E-state index in [1.807, 2.05) is 0 Å². The second-order valence-electron chi connectivity index (χ2n) is 12.5. The van der Waals surface area contributed by atoms with Crippen LogP contribution in [0.1, 0.15) is 0 Å². The van der Waals surface area contributed by atoms with Gasteiger partial charge in [0.2, 0.25) is 0 Å². The van der Waals surface area contributed by atoms with E-state index in [9.17, 15) is 0 Å². The predicted octanol–water partition coefficient (Wildman–Crippen LogP) is 13.6. The number of benzene rings is 8. The highest BCUT2D eigenvalue weighted by molar-refractivity contribution is 5.99. The van der Waals surface area contributed by atoms with E-state index in [2.05, 4.69) is 205 Å². The molecule has 8 aromatic rings. The first-order valence-corrected chi connectivity index (χ1v) is 17.0. The van der Waals surface area contributed by atoms with Crippen molar-refractivity contribution in [3.05, 3.63) is 200 Å². The van der Waals surface area contributed by atoms with E-state index in [0.717, 1.165) is 56.4 Å². The quantitative estimate of drug-likeness (QED) is 0.179. The Balaban J connectivity index is 1.22. The molecule has 1 aliphatic rings. The lowest BCUT2D eigenvalue weighted by Gasteiger charge is -2.29. The average molecular weight is 640 g/mol. The van der Waals surface area contributed by atoms with E-state index in [1.165, 1.54) is 27.8 Å². The molecule has 0 spiro atoms. The van der Waals surface area contributed by atoms with Crippen LogP contribution < -0.4 is 9.64 Å². The van der Waals surface area contributed by atoms with Crippen LogP contribution in [0, 0.1) is 0 Å². The van der Waals surface area contributed by atoms with E-state index in [-0.39, 0.29) is 0 Å². The second kappa shape index (κ2) is 12.8. The van der Waals surface area contributed by atoms with Crippen LogP contribution in [-0.4, -0.2) is 0 Å². The summed E-state index contributed by atoms with van der Waals surface area (Å²) < 4.78 is 6.87. The van der Waals surface area contributed by atoms with E-state index in [4.69, 9.17) is 4.74 Å². The fourth-order valence-electron chi connectivity index (χ4n) is 7.05. The summed E-state index contributed by atoms with van der Waals surface area (Å²) in [5.74, 6) is 1.67. The molecule has 0 saturated carbocycles. The summed E-state index contributed by atoms with van der Waals surface area (Å²) in [6.45, 7) is 0. The van der Waals surface area contributed by atoms with Crippen LogP contribution in [-0.2, 0) is 0 Å². The molecule has 0 N–H and O–H groups in total. The molecule has 1 heterocycles. The summed E-state index contributed by atoms with van der Waals surface area (Å²) in [6, 6.07) is 70.9. The SMILES string of the molecule is c1ccc(-c2ccc(N(c3ccc(-c4ccccc4)cc3)c3cccc4c3-c3ccccc3-c3cc(-c5ccccc5)ccc3O4)cc2)cc1. The first-order valence-electron chi connectivity index (χ1n) is 17.0. The normalized spacial score (nSPS) is 11.4. The fourth-order valence-corrected chi connectivity index (χ4v) is 7.05. The van der Waals surface area contributed by atoms with Gasteiger partial charge in [0.05, 0.1) is 5.69 Å². The molecule has 0 fully saturated rings. The molecule has 50 heavy (non-hydrogen) atoms. The van der Waals surface area contributed by atoms with Crippen molar-refractivity contribution in [1.29, 1.82) is 0 Å². The van der Waals surface area contributed by atoms with Crippen molar-refractivity contribution < 1.29 is 4.74 Å². The Morgan fingerprint density at radius 3 is 1.32 bits per heavy atom. The molecule has 0 bridgehead atoms. The Kier molecular flexibility index (Phi) is 7.53. The number of hydrogen-bond acceptors (Lipinski definition) is 2. The molecule has 0 unspecified atom stereocenters. The smallest absolute Gasteiger partial charge is 0.137 e. The van der Waals surface area contributed by atoms with Gasteiger partial charge < -0.3 is 9.64 Å². The fraction of sp³-hybridized carbons (Fsp3) is 0. The number of nitrogens with zero attached hydrogens (tertiary/aromatic N) is 1. The molecule has 236 valence electrons. The van der Waals surface area contributed by atoms with E-state index < -0.39 is 0 Å². The Labute approximate surface area is 293 Å². The Bertz CT molecular complexity index is 2330. The van der Waals surface area contributed by atoms with Gasteiger partial charge in [-0.3, -0.25) is 0 Å². The molecule has 0 aromatic heterocycles. The Morgan fingerprint density at radius 2 is 0.760 bits per heavy atom. The van der Waals surface area contributed by atoms with Crippen LogP contribution in [0.5, 0.6) is 11.5 Å². The maximum absolute atomic E-state index is 6.87. The minimum Gasteiger partial charge on any atom is -0.456 e. The van der Waals surface area contributed by atoms with Gasteiger partial charge in [-0.15, -0.1) is 0 Å². The predicted molar refractivity (Wildman–Crippen MR) is 208 cm³/mol. The standard InChI is InChI=1S/C48H33NO/c1-4-13-34(14-5-1)37-23-28-40(29-24-37)49(41-30-25-38(26-31-41)35-15-6-2-7-16-35)45-21-12-22-47-48(45)43-20-11-10-19-42(43)44-33-39(27-32-46(44)50-47)36-17-8-3-9-18-36/h1-33H. The average Bonchev–Trinajstić information content (AvgIpc) is 3.34. The molecule has 0 saturated heterocycles. The largest absolute Gasteiger partial charge is 0.456 e. The highest BCUT2D eigenvalue weighted by Crippen LogP contribution is 2.53. The van der Waals surface area contributed by atoms with Crippen molar-refractivity contribution in [2.24, 2.45) is 0 Å². The summed E-state index contributed by atoms with van der Waals surface area (Å²) in [5, 5.41) is 0. The molecule has 0 radical (unpaired) electrons. The van der Waals surface area contributed by atoms with Crippen molar-refractivity contribution in [2.75, 3.05) is 4.90 Å². The lowest BCUT2D eigenvalue weighted by molar-refractivity contribution is 0.488. The first kappa shape index (κ1) is 29.5. The van der Waals surface area contributed by atoms with Crippen molar-refractivity contribution in [1.82, 2.24) is 0 Å². The summed E-state index contributed by atoms with van der Waals surface area (Å²) >= 11 is 0. The van der Waals surface area contributed by atoms with Crippen molar-refractivity contribution >= 4 is 17.1 Å². The van der Waals surface area contributed by atoms with Crippen LogP contribution in [0.4, 0.5) is 17.1 Å². The first-order chi connectivity index (χ1) is 24.8. The van der Waals surface area contributed by atoms with Crippen molar-refractivity contribution in [2.45, 2.75) is 0 Å². The lowest BCUT2D eigenvalue weighted by atomic mass is 9.91. The van der Waals surface area contributed by atoms with Gasteiger partial charge in [0, 0.05) is 22.5 Å². The third kappa shape index (κ3) is 5.43. The van der Waals surface area contributed by atoms with E-state index in [0.29, 0.717) is 0 Å². The molecule has 9 rings (SSSR count). The highest BCUT2D eigenvalue weighted by atomic mass is 16.5. The molecule has 0 aliphatic carbocycles. The lowest BCUT2D eigenvalue weighted by Crippen LogP contribution is -2.11. The number of hydrogen-bond donors (Lipinski definition) is 0. The molecular formula is C48H33NO. The summed E-state index contributed by atoms with van der Waals surface area (Å²) in [4.78, 5) is 2.36. The maximum Gasteiger partial charge on any atom is 0.137 e. The molecule has 1 aliphatic heterocycles. The Hall–Kier alpha value is -6.64. The second-order valence-corrected chi connectivity index (χ2v) is 12.5. The van der Waals surface area contributed by atoms with Gasteiger partial charge in [0.1, 0.15) is 11.5 Å². The van der Waals surface area contributed by atoms with Crippen LogP contribution in [0.2, 0.25) is 0 Å². The molecule has 2 heteroatoms. The molecule has 8 aromatic carbocycles. The molecule has 0 atom stereocenters. The monoisotopic (exact) mass is 639 g/mol. The zero-order valence-electron chi connectivity index (χ0n) is 27.4. The van der Waals surface area contributed by atoms with E-state index in [1.54, 1.807) is 0 Å². The van der Waals surface area contributed by atoms with E-state index >= 15 is 0 Å². The van der Waals surface area contributed by atoms with Gasteiger partial charge in [-0.1, -0.05) is 152 Å². The molecular weight excluding hydrogens is 607 g/mol. The summed E-state index contributed by atoms with van der Waals surface area (Å²) in [5.41, 5.74) is 14.7. The number of ether oxygens (including phenoxy) is 1. The van der Waals surface area contributed by atoms with Crippen LogP contribution in [0.3, 0.4) is 0 Å². The maximum atomic E-state index is 6.87. The van der Waals surface area contributed by atoms with Crippen molar-refractivity contribution in [3.63, 3.8) is 0 Å². The van der Waals surface area contributed by atoms with Crippen LogP contribution in [0.15, 0.2) is 200 Å². The van der Waals surface area contributed by atoms with Gasteiger partial charge >= 0.3 is 0 Å². The van der Waals surface area contributed by atoms with Crippen molar-refractivity contribution in [3.8, 4) is 67.1 Å². The number of fused-ring (bicyclic) bond motifs is 5. The van der Waals surface area contributed by atoms with Crippen LogP contribution >= 0.6 is 0 Å². The topological polar surface area (TPSA) is 12.5 Å². The summed E-state index contributed by atoms with van der Waals surface area (Å²) in [6.07, 6.45) is 0. The van der Waals surface area contributed by atoms with Gasteiger partial charge in [0.25, 0.3) is 0 Å². The van der Waals surface area contributed by atoms with Gasteiger partial charge in [-0.25, -0.2) is 0 Å².